The molecule has 0 saturated carbocycles. The molecular formula is C10H18N2O3. The van der Waals surface area contributed by atoms with E-state index in [9.17, 15) is 9.59 Å². The van der Waals surface area contributed by atoms with E-state index >= 15 is 0 Å². The largest absolute Gasteiger partial charge is 0.481 e. The molecule has 15 heavy (non-hydrogen) atoms. The van der Waals surface area contributed by atoms with Crippen LogP contribution in [0.1, 0.15) is 25.7 Å². The molecule has 1 saturated heterocycles. The third-order valence-corrected chi connectivity index (χ3v) is 2.58. The van der Waals surface area contributed by atoms with Crippen LogP contribution in [0, 0.1) is 5.92 Å². The minimum atomic E-state index is -0.814. The number of hydrogen-bond donors (Lipinski definition) is 3. The fourth-order valence-electron chi connectivity index (χ4n) is 1.68. The Bertz CT molecular complexity index is 225. The molecule has 0 radical (unpaired) electrons. The van der Waals surface area contributed by atoms with Crippen LogP contribution in [0.4, 0.5) is 0 Å². The number of hydrogen-bond acceptors (Lipinski definition) is 3. The Labute approximate surface area is 89.2 Å². The van der Waals surface area contributed by atoms with E-state index in [4.69, 9.17) is 5.11 Å². The Kier molecular flexibility index (Phi) is 5.10. The average Bonchev–Trinajstić information content (AvgIpc) is 2.25. The molecule has 0 unspecified atom stereocenters. The number of aliphatic carboxylic acids is 1. The third-order valence-electron chi connectivity index (χ3n) is 2.58. The van der Waals surface area contributed by atoms with Gasteiger partial charge in [0.25, 0.3) is 0 Å². The lowest BCUT2D eigenvalue weighted by molar-refractivity contribution is -0.137. The summed E-state index contributed by atoms with van der Waals surface area (Å²) < 4.78 is 0. The smallest absolute Gasteiger partial charge is 0.303 e. The van der Waals surface area contributed by atoms with Gasteiger partial charge in [-0.15, -0.1) is 0 Å². The van der Waals surface area contributed by atoms with Crippen molar-refractivity contribution in [2.45, 2.75) is 25.7 Å². The maximum Gasteiger partial charge on any atom is 0.303 e. The molecule has 1 heterocycles. The number of piperidine rings is 1. The standard InChI is InChI=1S/C10H18N2O3/c13-9(14)2-1-5-12-10(15)8-3-6-11-7-4-8/h8,11H,1-7H2,(H,12,15)(H,13,14). The fraction of sp³-hybridized carbons (Fsp3) is 0.800. The number of amides is 1. The lowest BCUT2D eigenvalue weighted by atomic mass is 9.97. The van der Waals surface area contributed by atoms with Gasteiger partial charge in [0.2, 0.25) is 5.91 Å². The number of carboxylic acids is 1. The van der Waals surface area contributed by atoms with Crippen molar-refractivity contribution in [3.05, 3.63) is 0 Å². The quantitative estimate of drug-likeness (QED) is 0.561. The van der Waals surface area contributed by atoms with Crippen LogP contribution in [0.25, 0.3) is 0 Å². The van der Waals surface area contributed by atoms with Gasteiger partial charge < -0.3 is 15.7 Å². The summed E-state index contributed by atoms with van der Waals surface area (Å²) in [4.78, 5) is 21.8. The normalized spacial score (nSPS) is 17.3. The molecule has 0 bridgehead atoms. The van der Waals surface area contributed by atoms with Crippen molar-refractivity contribution < 1.29 is 14.7 Å². The molecule has 5 heteroatoms. The summed E-state index contributed by atoms with van der Waals surface area (Å²) in [6.45, 7) is 2.26. The lowest BCUT2D eigenvalue weighted by Crippen LogP contribution is -2.38. The summed E-state index contributed by atoms with van der Waals surface area (Å²) in [6, 6.07) is 0. The third kappa shape index (κ3) is 4.78. The van der Waals surface area contributed by atoms with Crippen molar-refractivity contribution in [1.29, 1.82) is 0 Å². The zero-order valence-electron chi connectivity index (χ0n) is 8.79. The van der Waals surface area contributed by atoms with Crippen LogP contribution in [-0.4, -0.2) is 36.6 Å². The second-order valence-corrected chi connectivity index (χ2v) is 3.81. The van der Waals surface area contributed by atoms with E-state index in [-0.39, 0.29) is 18.2 Å². The second kappa shape index (κ2) is 6.40. The fourth-order valence-corrected chi connectivity index (χ4v) is 1.68. The van der Waals surface area contributed by atoms with Crippen molar-refractivity contribution in [2.24, 2.45) is 5.92 Å². The highest BCUT2D eigenvalue weighted by Crippen LogP contribution is 2.11. The maximum atomic E-state index is 11.6. The van der Waals surface area contributed by atoms with E-state index < -0.39 is 5.97 Å². The van der Waals surface area contributed by atoms with Gasteiger partial charge in [-0.2, -0.15) is 0 Å². The summed E-state index contributed by atoms with van der Waals surface area (Å²) >= 11 is 0. The van der Waals surface area contributed by atoms with Crippen LogP contribution in [0.2, 0.25) is 0 Å². The Balaban J connectivity index is 2.09. The average molecular weight is 214 g/mol. The van der Waals surface area contributed by atoms with Gasteiger partial charge >= 0.3 is 5.97 Å². The number of carbonyl (C=O) groups is 2. The molecule has 86 valence electrons. The van der Waals surface area contributed by atoms with Gasteiger partial charge in [-0.25, -0.2) is 0 Å². The van der Waals surface area contributed by atoms with Crippen molar-refractivity contribution in [3.63, 3.8) is 0 Å². The Morgan fingerprint density at radius 3 is 2.60 bits per heavy atom. The van der Waals surface area contributed by atoms with E-state index in [1.807, 2.05) is 0 Å². The highest BCUT2D eigenvalue weighted by atomic mass is 16.4. The summed E-state index contributed by atoms with van der Waals surface area (Å²) in [5.41, 5.74) is 0. The van der Waals surface area contributed by atoms with Gasteiger partial charge in [0.1, 0.15) is 0 Å². The van der Waals surface area contributed by atoms with E-state index in [0.29, 0.717) is 13.0 Å². The van der Waals surface area contributed by atoms with E-state index in [1.54, 1.807) is 0 Å². The molecule has 0 aromatic carbocycles. The van der Waals surface area contributed by atoms with Gasteiger partial charge in [-0.3, -0.25) is 9.59 Å². The molecule has 1 fully saturated rings. The topological polar surface area (TPSA) is 78.4 Å². The Morgan fingerprint density at radius 1 is 1.33 bits per heavy atom. The van der Waals surface area contributed by atoms with Crippen LogP contribution in [0.5, 0.6) is 0 Å². The molecule has 3 N–H and O–H groups in total. The summed E-state index contributed by atoms with van der Waals surface area (Å²) in [6.07, 6.45) is 2.38. The second-order valence-electron chi connectivity index (χ2n) is 3.81. The van der Waals surface area contributed by atoms with Crippen LogP contribution in [0.15, 0.2) is 0 Å². The first kappa shape index (κ1) is 12.0. The van der Waals surface area contributed by atoms with Crippen molar-refractivity contribution in [3.8, 4) is 0 Å². The highest BCUT2D eigenvalue weighted by molar-refractivity contribution is 5.78. The Morgan fingerprint density at radius 2 is 2.00 bits per heavy atom. The molecule has 0 aromatic heterocycles. The Hall–Kier alpha value is -1.10. The molecule has 1 rings (SSSR count). The van der Waals surface area contributed by atoms with E-state index in [0.717, 1.165) is 25.9 Å². The number of carbonyl (C=O) groups excluding carboxylic acids is 1. The number of carboxylic acid groups (broad SMARTS) is 1. The van der Waals surface area contributed by atoms with E-state index in [2.05, 4.69) is 10.6 Å². The molecule has 0 aromatic rings. The van der Waals surface area contributed by atoms with Crippen LogP contribution in [-0.2, 0) is 9.59 Å². The van der Waals surface area contributed by atoms with Gasteiger partial charge in [-0.1, -0.05) is 0 Å². The highest BCUT2D eigenvalue weighted by Gasteiger charge is 2.19. The zero-order valence-corrected chi connectivity index (χ0v) is 8.79. The molecule has 1 amide bonds. The van der Waals surface area contributed by atoms with Crippen LogP contribution >= 0.6 is 0 Å². The summed E-state index contributed by atoms with van der Waals surface area (Å²) in [5.74, 6) is -0.635. The maximum absolute atomic E-state index is 11.6. The minimum absolute atomic E-state index is 0.0712. The predicted octanol–water partition coefficient (Wildman–Crippen LogP) is -0.0330. The van der Waals surface area contributed by atoms with Crippen LogP contribution in [0.3, 0.4) is 0 Å². The van der Waals surface area contributed by atoms with Gasteiger partial charge in [0.15, 0.2) is 0 Å². The summed E-state index contributed by atoms with van der Waals surface area (Å²) in [5, 5.41) is 14.4. The van der Waals surface area contributed by atoms with Crippen molar-refractivity contribution in [1.82, 2.24) is 10.6 Å². The SMILES string of the molecule is O=C(O)CCCNC(=O)C1CCNCC1. The molecule has 5 nitrogen and oxygen atoms in total. The van der Waals surface area contributed by atoms with Crippen LogP contribution < -0.4 is 10.6 Å². The van der Waals surface area contributed by atoms with E-state index in [1.165, 1.54) is 0 Å². The molecule has 1 aliphatic rings. The predicted molar refractivity (Wildman–Crippen MR) is 55.5 cm³/mol. The molecule has 0 spiro atoms. The zero-order chi connectivity index (χ0) is 11.1. The van der Waals surface area contributed by atoms with Crippen molar-refractivity contribution in [2.75, 3.05) is 19.6 Å². The van der Waals surface area contributed by atoms with Gasteiger partial charge in [-0.05, 0) is 32.4 Å². The number of nitrogens with one attached hydrogen (secondary N) is 2. The summed E-state index contributed by atoms with van der Waals surface area (Å²) in [7, 11) is 0. The molecule has 0 atom stereocenters. The monoisotopic (exact) mass is 214 g/mol. The first-order valence-corrected chi connectivity index (χ1v) is 5.40. The first-order chi connectivity index (χ1) is 7.20. The lowest BCUT2D eigenvalue weighted by Gasteiger charge is -2.21. The van der Waals surface area contributed by atoms with Gasteiger partial charge in [0, 0.05) is 18.9 Å². The molecule has 1 aliphatic heterocycles. The molecule has 0 aliphatic carbocycles. The van der Waals surface area contributed by atoms with Gasteiger partial charge in [0.05, 0.1) is 0 Å². The first-order valence-electron chi connectivity index (χ1n) is 5.40. The number of rotatable bonds is 5. The van der Waals surface area contributed by atoms with Crippen molar-refractivity contribution >= 4 is 11.9 Å². The minimum Gasteiger partial charge on any atom is -0.481 e. The molecular weight excluding hydrogens is 196 g/mol.